The molecule has 0 unspecified atom stereocenters. The van der Waals surface area contributed by atoms with E-state index in [0.717, 1.165) is 28.3 Å². The fourth-order valence-electron chi connectivity index (χ4n) is 3.53. The Kier molecular flexibility index (Phi) is 5.24. The summed E-state index contributed by atoms with van der Waals surface area (Å²) in [5.74, 6) is 1.10. The van der Waals surface area contributed by atoms with Gasteiger partial charge in [0.25, 0.3) is 5.91 Å². The molecule has 148 valence electrons. The maximum Gasteiger partial charge on any atom is 0.255 e. The lowest BCUT2D eigenvalue weighted by atomic mass is 9.97. The van der Waals surface area contributed by atoms with Crippen molar-refractivity contribution in [3.8, 4) is 17.0 Å². The predicted molar refractivity (Wildman–Crippen MR) is 113 cm³/mol. The Bertz CT molecular complexity index is 1060. The van der Waals surface area contributed by atoms with Gasteiger partial charge in [-0.15, -0.1) is 0 Å². The highest BCUT2D eigenvalue weighted by molar-refractivity contribution is 6.33. The maximum absolute atomic E-state index is 13.1. The van der Waals surface area contributed by atoms with Crippen molar-refractivity contribution in [1.29, 1.82) is 0 Å². The third-order valence-electron chi connectivity index (χ3n) is 5.13. The van der Waals surface area contributed by atoms with Crippen LogP contribution in [-0.4, -0.2) is 32.4 Å². The summed E-state index contributed by atoms with van der Waals surface area (Å²) < 4.78 is 0. The van der Waals surface area contributed by atoms with Gasteiger partial charge >= 0.3 is 0 Å². The van der Waals surface area contributed by atoms with Crippen molar-refractivity contribution >= 4 is 17.5 Å². The number of hydrogen-bond donors (Lipinski definition) is 1. The highest BCUT2D eigenvalue weighted by Gasteiger charge is 2.27. The van der Waals surface area contributed by atoms with Crippen molar-refractivity contribution in [1.82, 2.24) is 14.9 Å². The van der Waals surface area contributed by atoms with Gasteiger partial charge in [0.15, 0.2) is 0 Å². The Labute approximate surface area is 175 Å². The fourth-order valence-corrected chi connectivity index (χ4v) is 3.74. The second kappa shape index (κ2) is 7.84. The quantitative estimate of drug-likeness (QED) is 0.675. The second-order valence-electron chi connectivity index (χ2n) is 7.51. The number of hydrogen-bond acceptors (Lipinski definition) is 4. The first-order valence-electron chi connectivity index (χ1n) is 9.67. The molecule has 1 aliphatic rings. The van der Waals surface area contributed by atoms with Gasteiger partial charge < -0.3 is 10.0 Å². The lowest BCUT2D eigenvalue weighted by Gasteiger charge is -2.30. The molecular formula is C23H22ClN3O2. The van der Waals surface area contributed by atoms with Crippen molar-refractivity contribution in [2.75, 3.05) is 6.54 Å². The van der Waals surface area contributed by atoms with Crippen LogP contribution >= 0.6 is 11.6 Å². The molecule has 0 aliphatic carbocycles. The molecule has 2 heterocycles. The Hall–Kier alpha value is -2.92. The van der Waals surface area contributed by atoms with Crippen LogP contribution in [0.3, 0.4) is 0 Å². The van der Waals surface area contributed by atoms with Crippen LogP contribution < -0.4 is 0 Å². The largest absolute Gasteiger partial charge is 0.508 e. The van der Waals surface area contributed by atoms with Gasteiger partial charge in [0, 0.05) is 36.6 Å². The minimum absolute atomic E-state index is 0.0918. The third-order valence-corrected chi connectivity index (χ3v) is 5.46. The lowest BCUT2D eigenvalue weighted by molar-refractivity contribution is 0.0733. The van der Waals surface area contributed by atoms with E-state index >= 15 is 0 Å². The topological polar surface area (TPSA) is 66.3 Å². The van der Waals surface area contributed by atoms with Gasteiger partial charge in [0.05, 0.1) is 22.0 Å². The number of aromatic hydroxyl groups is 1. The molecule has 1 aromatic heterocycles. The molecule has 2 aromatic carbocycles. The van der Waals surface area contributed by atoms with Gasteiger partial charge in [-0.2, -0.15) is 0 Å². The zero-order valence-electron chi connectivity index (χ0n) is 16.4. The van der Waals surface area contributed by atoms with Crippen LogP contribution in [-0.2, 0) is 13.0 Å². The second-order valence-corrected chi connectivity index (χ2v) is 7.92. The highest BCUT2D eigenvalue weighted by atomic mass is 35.5. The van der Waals surface area contributed by atoms with Crippen molar-refractivity contribution in [3.63, 3.8) is 0 Å². The summed E-state index contributed by atoms with van der Waals surface area (Å²) in [4.78, 5) is 24.5. The SMILES string of the molecule is CC(C)c1nc2c(c(-c3ccc(O)cc3)n1)CN(C(=O)c1ccccc1Cl)CC2. The van der Waals surface area contributed by atoms with E-state index < -0.39 is 0 Å². The number of carbonyl (C=O) groups excluding carboxylic acids is 1. The average molecular weight is 408 g/mol. The van der Waals surface area contributed by atoms with Crippen LogP contribution in [0.15, 0.2) is 48.5 Å². The van der Waals surface area contributed by atoms with E-state index in [0.29, 0.717) is 30.1 Å². The standard InChI is InChI=1S/C23H22ClN3O2/c1-14(2)22-25-20-11-12-27(23(29)17-5-3-4-6-19(17)24)13-18(20)21(26-22)15-7-9-16(28)10-8-15/h3-10,14,28H,11-13H2,1-2H3. The van der Waals surface area contributed by atoms with E-state index in [4.69, 9.17) is 21.6 Å². The number of amides is 1. The highest BCUT2D eigenvalue weighted by Crippen LogP contribution is 2.31. The molecule has 1 N–H and O–H groups in total. The van der Waals surface area contributed by atoms with E-state index in [1.807, 2.05) is 24.3 Å². The van der Waals surface area contributed by atoms with E-state index in [9.17, 15) is 9.90 Å². The van der Waals surface area contributed by atoms with E-state index in [-0.39, 0.29) is 17.6 Å². The monoisotopic (exact) mass is 407 g/mol. The summed E-state index contributed by atoms with van der Waals surface area (Å²) in [6, 6.07) is 14.1. The first-order chi connectivity index (χ1) is 13.9. The molecule has 1 amide bonds. The molecular weight excluding hydrogens is 386 g/mol. The van der Waals surface area contributed by atoms with Crippen molar-refractivity contribution < 1.29 is 9.90 Å². The normalized spacial score (nSPS) is 13.4. The molecule has 0 spiro atoms. The number of phenols is 1. The Morgan fingerprint density at radius 1 is 1.10 bits per heavy atom. The molecule has 0 atom stereocenters. The summed E-state index contributed by atoms with van der Waals surface area (Å²) in [7, 11) is 0. The van der Waals surface area contributed by atoms with E-state index in [1.165, 1.54) is 0 Å². The Morgan fingerprint density at radius 3 is 2.52 bits per heavy atom. The first kappa shape index (κ1) is 19.4. The molecule has 3 aromatic rings. The Balaban J connectivity index is 1.76. The third kappa shape index (κ3) is 3.83. The van der Waals surface area contributed by atoms with Crippen LogP contribution in [0, 0.1) is 0 Å². The first-order valence-corrected chi connectivity index (χ1v) is 10.0. The van der Waals surface area contributed by atoms with Gasteiger partial charge in [-0.3, -0.25) is 4.79 Å². The van der Waals surface area contributed by atoms with Crippen molar-refractivity contribution in [2.24, 2.45) is 0 Å². The zero-order valence-corrected chi connectivity index (χ0v) is 17.1. The number of halogens is 1. The van der Waals surface area contributed by atoms with Crippen LogP contribution in [0.2, 0.25) is 5.02 Å². The summed E-state index contributed by atoms with van der Waals surface area (Å²) in [5.41, 5.74) is 4.15. The number of benzene rings is 2. The molecule has 0 fully saturated rings. The van der Waals surface area contributed by atoms with E-state index in [2.05, 4.69) is 13.8 Å². The van der Waals surface area contributed by atoms with Crippen LogP contribution in [0.4, 0.5) is 0 Å². The van der Waals surface area contributed by atoms with Gasteiger partial charge in [0.1, 0.15) is 11.6 Å². The summed E-state index contributed by atoms with van der Waals surface area (Å²) in [5, 5.41) is 10.1. The van der Waals surface area contributed by atoms with Gasteiger partial charge in [0.2, 0.25) is 0 Å². The van der Waals surface area contributed by atoms with Gasteiger partial charge in [-0.25, -0.2) is 9.97 Å². The van der Waals surface area contributed by atoms with Crippen molar-refractivity contribution in [3.05, 3.63) is 76.2 Å². The molecule has 4 rings (SSSR count). The number of rotatable bonds is 3. The molecule has 0 saturated heterocycles. The molecule has 0 saturated carbocycles. The Morgan fingerprint density at radius 2 is 1.83 bits per heavy atom. The van der Waals surface area contributed by atoms with Gasteiger partial charge in [-0.1, -0.05) is 37.6 Å². The smallest absolute Gasteiger partial charge is 0.255 e. The number of aromatic nitrogens is 2. The van der Waals surface area contributed by atoms with Gasteiger partial charge in [-0.05, 0) is 36.4 Å². The number of phenolic OH excluding ortho intramolecular Hbond substituents is 1. The van der Waals surface area contributed by atoms with Crippen LogP contribution in [0.25, 0.3) is 11.3 Å². The summed E-state index contributed by atoms with van der Waals surface area (Å²) in [6.07, 6.45) is 0.666. The molecule has 1 aliphatic heterocycles. The van der Waals surface area contributed by atoms with E-state index in [1.54, 1.807) is 29.2 Å². The minimum atomic E-state index is -0.0918. The summed E-state index contributed by atoms with van der Waals surface area (Å²) >= 11 is 6.24. The zero-order chi connectivity index (χ0) is 20.5. The predicted octanol–water partition coefficient (Wildman–Crippen LogP) is 4.82. The number of fused-ring (bicyclic) bond motifs is 1. The minimum Gasteiger partial charge on any atom is -0.508 e. The lowest BCUT2D eigenvalue weighted by Crippen LogP contribution is -2.37. The molecule has 0 bridgehead atoms. The van der Waals surface area contributed by atoms with Crippen LogP contribution in [0.1, 0.15) is 47.2 Å². The fraction of sp³-hybridized carbons (Fsp3) is 0.261. The average Bonchev–Trinajstić information content (AvgIpc) is 2.73. The number of nitrogens with zero attached hydrogens (tertiary/aromatic N) is 3. The maximum atomic E-state index is 13.1. The van der Waals surface area contributed by atoms with Crippen LogP contribution in [0.5, 0.6) is 5.75 Å². The molecule has 5 nitrogen and oxygen atoms in total. The molecule has 6 heteroatoms. The molecule has 0 radical (unpaired) electrons. The number of carbonyl (C=O) groups is 1. The summed E-state index contributed by atoms with van der Waals surface area (Å²) in [6.45, 7) is 5.14. The van der Waals surface area contributed by atoms with Crippen molar-refractivity contribution in [2.45, 2.75) is 32.7 Å². The molecule has 29 heavy (non-hydrogen) atoms.